The van der Waals surface area contributed by atoms with E-state index in [0.717, 1.165) is 54.7 Å². The molecule has 2 heteroatoms. The Bertz CT molecular complexity index is 372. The summed E-state index contributed by atoms with van der Waals surface area (Å²) in [5, 5.41) is 10.1. The second-order valence-corrected chi connectivity index (χ2v) is 4.98. The van der Waals surface area contributed by atoms with Crippen molar-refractivity contribution >= 4 is 0 Å². The minimum atomic E-state index is -0.349. The van der Waals surface area contributed by atoms with E-state index in [1.54, 1.807) is 0 Å². The van der Waals surface area contributed by atoms with Gasteiger partial charge in [-0.25, -0.2) is 0 Å². The van der Waals surface area contributed by atoms with Gasteiger partial charge in [-0.15, -0.1) is 0 Å². The number of hydrogen-bond donors (Lipinski definition) is 1. The summed E-state index contributed by atoms with van der Waals surface area (Å²) in [6.45, 7) is 9.11. The molecule has 0 saturated heterocycles. The summed E-state index contributed by atoms with van der Waals surface area (Å²) < 4.78 is 5.77. The number of unbranched alkanes of at least 4 members (excludes halogenated alkanes) is 1. The Morgan fingerprint density at radius 2 is 1.83 bits per heavy atom. The van der Waals surface area contributed by atoms with E-state index in [1.807, 2.05) is 13.8 Å². The van der Waals surface area contributed by atoms with Crippen LogP contribution in [0.1, 0.15) is 62.3 Å². The molecule has 0 spiro atoms. The van der Waals surface area contributed by atoms with Crippen LogP contribution in [0.4, 0.5) is 0 Å². The highest BCUT2D eigenvalue weighted by molar-refractivity contribution is 5.42. The van der Waals surface area contributed by atoms with Crippen LogP contribution in [0, 0.1) is 13.8 Å². The van der Waals surface area contributed by atoms with Gasteiger partial charge in [0.15, 0.2) is 0 Å². The van der Waals surface area contributed by atoms with Gasteiger partial charge in [0.2, 0.25) is 0 Å². The van der Waals surface area contributed by atoms with Crippen LogP contribution >= 0.6 is 0 Å². The normalized spacial score (nSPS) is 12.5. The zero-order valence-corrected chi connectivity index (χ0v) is 12.1. The van der Waals surface area contributed by atoms with Gasteiger partial charge in [-0.05, 0) is 55.5 Å². The molecular weight excluding hydrogens is 224 g/mol. The lowest BCUT2D eigenvalue weighted by molar-refractivity contribution is 0.165. The average molecular weight is 250 g/mol. The molecule has 1 aromatic rings. The SMILES string of the molecule is CCCCOc1cc(C)c(C(O)CCC)cc1C. The lowest BCUT2D eigenvalue weighted by Gasteiger charge is -2.17. The predicted octanol–water partition coefficient (Wildman–Crippen LogP) is 4.32. The number of aliphatic hydroxyl groups is 1. The van der Waals surface area contributed by atoms with E-state index in [9.17, 15) is 5.11 Å². The number of aliphatic hydroxyl groups excluding tert-OH is 1. The molecule has 0 heterocycles. The van der Waals surface area contributed by atoms with Crippen LogP contribution in [0.2, 0.25) is 0 Å². The van der Waals surface area contributed by atoms with Crippen LogP contribution in [0.5, 0.6) is 5.75 Å². The fraction of sp³-hybridized carbons (Fsp3) is 0.625. The van der Waals surface area contributed by atoms with Crippen LogP contribution in [-0.2, 0) is 0 Å². The molecule has 0 aliphatic heterocycles. The van der Waals surface area contributed by atoms with Crippen molar-refractivity contribution < 1.29 is 9.84 Å². The molecule has 0 bridgehead atoms. The van der Waals surface area contributed by atoms with E-state index in [4.69, 9.17) is 4.74 Å². The average Bonchev–Trinajstić information content (AvgIpc) is 2.33. The Balaban J connectivity index is 2.83. The van der Waals surface area contributed by atoms with Crippen molar-refractivity contribution in [3.63, 3.8) is 0 Å². The Morgan fingerprint density at radius 1 is 1.11 bits per heavy atom. The van der Waals surface area contributed by atoms with E-state index in [0.29, 0.717) is 0 Å². The first-order valence-corrected chi connectivity index (χ1v) is 7.02. The third kappa shape index (κ3) is 4.02. The lowest BCUT2D eigenvalue weighted by Crippen LogP contribution is -2.03. The van der Waals surface area contributed by atoms with E-state index < -0.39 is 0 Å². The maximum absolute atomic E-state index is 10.1. The van der Waals surface area contributed by atoms with Gasteiger partial charge in [0.1, 0.15) is 5.75 Å². The highest BCUT2D eigenvalue weighted by Crippen LogP contribution is 2.28. The van der Waals surface area contributed by atoms with Crippen molar-refractivity contribution in [3.8, 4) is 5.75 Å². The zero-order chi connectivity index (χ0) is 13.5. The summed E-state index contributed by atoms with van der Waals surface area (Å²) in [6.07, 6.45) is 3.69. The smallest absolute Gasteiger partial charge is 0.122 e. The first kappa shape index (κ1) is 15.0. The number of aryl methyl sites for hydroxylation is 2. The molecule has 102 valence electrons. The molecule has 1 atom stereocenters. The Labute approximate surface area is 111 Å². The van der Waals surface area contributed by atoms with Gasteiger partial charge in [-0.1, -0.05) is 26.7 Å². The molecule has 0 fully saturated rings. The molecule has 0 amide bonds. The number of ether oxygens (including phenoxy) is 1. The van der Waals surface area contributed by atoms with Gasteiger partial charge in [0.05, 0.1) is 12.7 Å². The summed E-state index contributed by atoms with van der Waals surface area (Å²) in [5.41, 5.74) is 3.27. The molecule has 0 saturated carbocycles. The lowest BCUT2D eigenvalue weighted by atomic mass is 9.97. The second kappa shape index (κ2) is 7.42. The maximum Gasteiger partial charge on any atom is 0.122 e. The quantitative estimate of drug-likeness (QED) is 0.730. The Morgan fingerprint density at radius 3 is 2.44 bits per heavy atom. The molecule has 0 aromatic heterocycles. The number of hydrogen-bond acceptors (Lipinski definition) is 2. The minimum Gasteiger partial charge on any atom is -0.493 e. The second-order valence-electron chi connectivity index (χ2n) is 4.98. The van der Waals surface area contributed by atoms with E-state index in [-0.39, 0.29) is 6.10 Å². The highest BCUT2D eigenvalue weighted by atomic mass is 16.5. The van der Waals surface area contributed by atoms with Crippen LogP contribution in [0.25, 0.3) is 0 Å². The van der Waals surface area contributed by atoms with Crippen molar-refractivity contribution in [3.05, 3.63) is 28.8 Å². The summed E-state index contributed by atoms with van der Waals surface area (Å²) in [6, 6.07) is 4.12. The summed E-state index contributed by atoms with van der Waals surface area (Å²) in [5.74, 6) is 0.952. The van der Waals surface area contributed by atoms with Crippen LogP contribution < -0.4 is 4.74 Å². The summed E-state index contributed by atoms with van der Waals surface area (Å²) in [4.78, 5) is 0. The molecule has 1 aromatic carbocycles. The fourth-order valence-electron chi connectivity index (χ4n) is 2.08. The van der Waals surface area contributed by atoms with E-state index in [1.165, 1.54) is 0 Å². The maximum atomic E-state index is 10.1. The van der Waals surface area contributed by atoms with Gasteiger partial charge >= 0.3 is 0 Å². The standard InChI is InChI=1S/C16H26O2/c1-5-7-9-18-16-11-12(3)14(10-13(16)4)15(17)8-6-2/h10-11,15,17H,5-9H2,1-4H3. The van der Waals surface area contributed by atoms with Crippen LogP contribution in [0.15, 0.2) is 12.1 Å². The predicted molar refractivity (Wildman–Crippen MR) is 76.2 cm³/mol. The molecule has 1 N–H and O–H groups in total. The molecule has 1 unspecified atom stereocenters. The molecule has 0 radical (unpaired) electrons. The van der Waals surface area contributed by atoms with Crippen molar-refractivity contribution in [2.75, 3.05) is 6.61 Å². The zero-order valence-electron chi connectivity index (χ0n) is 12.1. The van der Waals surface area contributed by atoms with Crippen LogP contribution in [0.3, 0.4) is 0 Å². The van der Waals surface area contributed by atoms with Crippen molar-refractivity contribution in [1.29, 1.82) is 0 Å². The topological polar surface area (TPSA) is 29.5 Å². The fourth-order valence-corrected chi connectivity index (χ4v) is 2.08. The summed E-state index contributed by atoms with van der Waals surface area (Å²) in [7, 11) is 0. The van der Waals surface area contributed by atoms with Crippen molar-refractivity contribution in [2.45, 2.75) is 59.5 Å². The van der Waals surface area contributed by atoms with Gasteiger partial charge in [0.25, 0.3) is 0 Å². The minimum absolute atomic E-state index is 0.349. The van der Waals surface area contributed by atoms with Gasteiger partial charge < -0.3 is 9.84 Å². The molecule has 0 aliphatic carbocycles. The Hall–Kier alpha value is -1.02. The van der Waals surface area contributed by atoms with Gasteiger partial charge in [-0.3, -0.25) is 0 Å². The monoisotopic (exact) mass is 250 g/mol. The summed E-state index contributed by atoms with van der Waals surface area (Å²) >= 11 is 0. The molecule has 2 nitrogen and oxygen atoms in total. The van der Waals surface area contributed by atoms with Crippen molar-refractivity contribution in [2.24, 2.45) is 0 Å². The van der Waals surface area contributed by atoms with E-state index >= 15 is 0 Å². The van der Waals surface area contributed by atoms with Gasteiger partial charge in [-0.2, -0.15) is 0 Å². The number of rotatable bonds is 7. The third-order valence-corrected chi connectivity index (χ3v) is 3.24. The molecular formula is C16H26O2. The van der Waals surface area contributed by atoms with Crippen molar-refractivity contribution in [1.82, 2.24) is 0 Å². The number of benzene rings is 1. The third-order valence-electron chi connectivity index (χ3n) is 3.24. The van der Waals surface area contributed by atoms with Gasteiger partial charge in [0, 0.05) is 0 Å². The molecule has 18 heavy (non-hydrogen) atoms. The molecule has 0 aliphatic rings. The van der Waals surface area contributed by atoms with E-state index in [2.05, 4.69) is 26.0 Å². The Kier molecular flexibility index (Phi) is 6.20. The highest BCUT2D eigenvalue weighted by Gasteiger charge is 2.12. The first-order chi connectivity index (χ1) is 8.60. The first-order valence-electron chi connectivity index (χ1n) is 7.02. The van der Waals surface area contributed by atoms with Crippen LogP contribution in [-0.4, -0.2) is 11.7 Å². The largest absolute Gasteiger partial charge is 0.493 e. The molecule has 1 rings (SSSR count).